The molecule has 0 fully saturated rings. The molecule has 0 aliphatic rings. The number of hydrogen-bond donors (Lipinski definition) is 3. The fourth-order valence-electron chi connectivity index (χ4n) is 2.09. The second-order valence-electron chi connectivity index (χ2n) is 5.31. The van der Waals surface area contributed by atoms with Crippen LogP contribution in [-0.4, -0.2) is 5.91 Å². The van der Waals surface area contributed by atoms with Crippen LogP contribution < -0.4 is 16.8 Å². The number of benzene rings is 2. The lowest BCUT2D eigenvalue weighted by Gasteiger charge is -2.09. The number of hydrogen-bond acceptors (Lipinski definition) is 3. The Hall–Kier alpha value is -2.76. The van der Waals surface area contributed by atoms with Gasteiger partial charge in [-0.25, -0.2) is 4.39 Å². The molecule has 0 spiro atoms. The maximum absolute atomic E-state index is 14.0. The van der Waals surface area contributed by atoms with E-state index in [0.717, 1.165) is 0 Å². The first-order valence-electron chi connectivity index (χ1n) is 7.42. The number of nitrogens with one attached hydrogen (secondary N) is 1. The van der Waals surface area contributed by atoms with E-state index in [2.05, 4.69) is 11.9 Å². The molecule has 0 bridgehead atoms. The van der Waals surface area contributed by atoms with Crippen molar-refractivity contribution in [1.82, 2.24) is 5.32 Å². The van der Waals surface area contributed by atoms with Crippen molar-refractivity contribution in [2.24, 2.45) is 11.5 Å². The highest BCUT2D eigenvalue weighted by Crippen LogP contribution is 2.24. The van der Waals surface area contributed by atoms with Crippen molar-refractivity contribution in [2.45, 2.75) is 0 Å². The predicted molar refractivity (Wildman–Crippen MR) is 104 cm³/mol. The van der Waals surface area contributed by atoms with E-state index in [1.807, 2.05) is 0 Å². The van der Waals surface area contributed by atoms with Crippen molar-refractivity contribution < 1.29 is 9.18 Å². The maximum Gasteiger partial charge on any atom is 0.255 e. The van der Waals surface area contributed by atoms with E-state index in [1.165, 1.54) is 30.4 Å². The van der Waals surface area contributed by atoms with E-state index in [0.29, 0.717) is 15.6 Å². The van der Waals surface area contributed by atoms with E-state index in [4.69, 9.17) is 34.7 Å². The van der Waals surface area contributed by atoms with Gasteiger partial charge in [-0.1, -0.05) is 29.8 Å². The number of nitrogens with two attached hydrogens (primary N) is 2. The largest absolute Gasteiger partial charge is 0.385 e. The van der Waals surface area contributed by atoms with Crippen LogP contribution in [0.3, 0.4) is 0 Å². The minimum Gasteiger partial charge on any atom is -0.385 e. The van der Waals surface area contributed by atoms with Gasteiger partial charge in [0.05, 0.1) is 0 Å². The molecule has 134 valence electrons. The van der Waals surface area contributed by atoms with Crippen LogP contribution in [0.4, 0.5) is 4.39 Å². The number of rotatable bonds is 5. The third-order valence-corrected chi connectivity index (χ3v) is 3.85. The zero-order chi connectivity index (χ0) is 19.3. The first kappa shape index (κ1) is 19.6. The molecule has 5 N–H and O–H groups in total. The summed E-state index contributed by atoms with van der Waals surface area (Å²) in [4.78, 5) is 12.1. The number of halogens is 3. The maximum atomic E-state index is 14.0. The third kappa shape index (κ3) is 5.12. The van der Waals surface area contributed by atoms with Gasteiger partial charge in [-0.2, -0.15) is 0 Å². The molecule has 2 aromatic carbocycles. The van der Waals surface area contributed by atoms with Crippen molar-refractivity contribution in [3.63, 3.8) is 0 Å². The Morgan fingerprint density at radius 2 is 1.65 bits per heavy atom. The van der Waals surface area contributed by atoms with Crippen LogP contribution in [0, 0.1) is 5.82 Å². The Morgan fingerprint density at radius 1 is 1.04 bits per heavy atom. The molecule has 2 aromatic rings. The molecule has 2 rings (SSSR count). The number of allylic oxidation sites excluding steroid dienone is 3. The van der Waals surface area contributed by atoms with Crippen LogP contribution in [0.2, 0.25) is 10.0 Å². The molecule has 0 aliphatic carbocycles. The van der Waals surface area contributed by atoms with Gasteiger partial charge in [0.25, 0.3) is 5.91 Å². The molecular formula is C19H16Cl2FN3O. The minimum absolute atomic E-state index is 0.0979. The van der Waals surface area contributed by atoms with Gasteiger partial charge < -0.3 is 16.8 Å². The van der Waals surface area contributed by atoms with Crippen molar-refractivity contribution in [3.05, 3.63) is 99.7 Å². The smallest absolute Gasteiger partial charge is 0.255 e. The van der Waals surface area contributed by atoms with Crippen LogP contribution in [0.5, 0.6) is 0 Å². The summed E-state index contributed by atoms with van der Waals surface area (Å²) in [7, 11) is 0. The summed E-state index contributed by atoms with van der Waals surface area (Å²) >= 11 is 11.7. The summed E-state index contributed by atoms with van der Waals surface area (Å²) < 4.78 is 14.0. The van der Waals surface area contributed by atoms with Gasteiger partial charge in [0, 0.05) is 32.4 Å². The normalized spacial score (nSPS) is 10.6. The highest BCUT2D eigenvalue weighted by Gasteiger charge is 2.10. The Labute approximate surface area is 160 Å². The first-order valence-corrected chi connectivity index (χ1v) is 8.18. The highest BCUT2D eigenvalue weighted by atomic mass is 35.5. The molecule has 4 nitrogen and oxygen atoms in total. The van der Waals surface area contributed by atoms with Gasteiger partial charge in [0.2, 0.25) is 0 Å². The minimum atomic E-state index is -0.529. The molecule has 0 heterocycles. The van der Waals surface area contributed by atoms with Gasteiger partial charge in [0.1, 0.15) is 11.6 Å². The summed E-state index contributed by atoms with van der Waals surface area (Å²) in [6.45, 7) is 3.73. The summed E-state index contributed by atoms with van der Waals surface area (Å²) in [5.74, 6) is -0.992. The quantitative estimate of drug-likeness (QED) is 0.667. The Morgan fingerprint density at radius 3 is 2.27 bits per heavy atom. The average Bonchev–Trinajstić information content (AvgIpc) is 2.58. The lowest BCUT2D eigenvalue weighted by atomic mass is 10.0. The molecule has 26 heavy (non-hydrogen) atoms. The monoisotopic (exact) mass is 391 g/mol. The highest BCUT2D eigenvalue weighted by molar-refractivity contribution is 6.31. The Bertz CT molecular complexity index is 902. The van der Waals surface area contributed by atoms with Crippen LogP contribution in [0.15, 0.2) is 72.7 Å². The van der Waals surface area contributed by atoms with Gasteiger partial charge in [-0.05, 0) is 54.6 Å². The number of amides is 1. The molecule has 0 saturated carbocycles. The van der Waals surface area contributed by atoms with Crippen LogP contribution in [0.25, 0.3) is 5.57 Å². The van der Waals surface area contributed by atoms with Crippen molar-refractivity contribution in [3.8, 4) is 0 Å². The second kappa shape index (κ2) is 8.56. The number of carbonyl (C=O) groups is 1. The van der Waals surface area contributed by atoms with Gasteiger partial charge >= 0.3 is 0 Å². The standard InChI is InChI=1S/C19H16Cl2FN3O/c1-11(25-19(26)12-3-5-13(20)6-4-12)2-8-15(18(23)24)16-10-14(21)7-9-17(16)22/h2-10H,1,23-24H2,(H,25,26)/b8-2-. The van der Waals surface area contributed by atoms with E-state index >= 15 is 0 Å². The van der Waals surface area contributed by atoms with E-state index < -0.39 is 5.82 Å². The molecular weight excluding hydrogens is 376 g/mol. The third-order valence-electron chi connectivity index (χ3n) is 3.36. The molecule has 7 heteroatoms. The van der Waals surface area contributed by atoms with E-state index in [1.54, 1.807) is 24.3 Å². The zero-order valence-corrected chi connectivity index (χ0v) is 15.1. The van der Waals surface area contributed by atoms with Crippen LogP contribution in [0.1, 0.15) is 15.9 Å². The van der Waals surface area contributed by atoms with Crippen molar-refractivity contribution >= 4 is 34.7 Å². The van der Waals surface area contributed by atoms with E-state index in [-0.39, 0.29) is 28.6 Å². The van der Waals surface area contributed by atoms with Gasteiger partial charge in [0.15, 0.2) is 0 Å². The van der Waals surface area contributed by atoms with Gasteiger partial charge in [-0.15, -0.1) is 0 Å². The lowest BCUT2D eigenvalue weighted by molar-refractivity contribution is 0.0967. The fraction of sp³-hybridized carbons (Fsp3) is 0. The summed E-state index contributed by atoms with van der Waals surface area (Å²) in [6, 6.07) is 10.4. The fourth-order valence-corrected chi connectivity index (χ4v) is 2.39. The Balaban J connectivity index is 2.16. The molecule has 1 amide bonds. The predicted octanol–water partition coefficient (Wildman–Crippen LogP) is 4.22. The van der Waals surface area contributed by atoms with E-state index in [9.17, 15) is 9.18 Å². The second-order valence-corrected chi connectivity index (χ2v) is 6.19. The zero-order valence-electron chi connectivity index (χ0n) is 13.6. The van der Waals surface area contributed by atoms with Gasteiger partial charge in [-0.3, -0.25) is 4.79 Å². The topological polar surface area (TPSA) is 81.1 Å². The Kier molecular flexibility index (Phi) is 6.44. The van der Waals surface area contributed by atoms with Crippen LogP contribution >= 0.6 is 23.2 Å². The molecule has 0 radical (unpaired) electrons. The summed E-state index contributed by atoms with van der Waals surface area (Å²) in [6.07, 6.45) is 2.91. The molecule has 0 atom stereocenters. The average molecular weight is 392 g/mol. The lowest BCUT2D eigenvalue weighted by Crippen LogP contribution is -2.21. The van der Waals surface area contributed by atoms with Crippen molar-refractivity contribution in [2.75, 3.05) is 0 Å². The molecule has 0 aromatic heterocycles. The molecule has 0 unspecified atom stereocenters. The summed E-state index contributed by atoms with van der Waals surface area (Å²) in [5, 5.41) is 3.46. The van der Waals surface area contributed by atoms with Crippen molar-refractivity contribution in [1.29, 1.82) is 0 Å². The first-order chi connectivity index (χ1) is 12.3. The molecule has 0 aliphatic heterocycles. The molecule has 0 saturated heterocycles. The number of carbonyl (C=O) groups excluding carboxylic acids is 1. The SMILES string of the molecule is C=C(/C=C\C(=C(N)N)c1cc(Cl)ccc1F)NC(=O)c1ccc(Cl)cc1. The van der Waals surface area contributed by atoms with Crippen LogP contribution in [-0.2, 0) is 0 Å². The summed E-state index contributed by atoms with van der Waals surface area (Å²) in [5.41, 5.74) is 12.4.